The first-order chi connectivity index (χ1) is 22.7. The smallest absolute Gasteiger partial charge is 0.408 e. The number of amides is 6. The fraction of sp³-hybridized carbons (Fsp3) is 0.657. The number of aliphatic hydroxyl groups is 1. The lowest BCUT2D eigenvalue weighted by Gasteiger charge is -2.29. The molecule has 0 spiro atoms. The predicted molar refractivity (Wildman–Crippen MR) is 185 cm³/mol. The molecule has 0 heterocycles. The van der Waals surface area contributed by atoms with Crippen molar-refractivity contribution in [2.24, 2.45) is 29.4 Å². The Bertz CT molecular complexity index is 1250. The number of rotatable bonds is 19. The highest BCUT2D eigenvalue weighted by atomic mass is 16.6. The number of benzene rings is 1. The van der Waals surface area contributed by atoms with Gasteiger partial charge in [0.15, 0.2) is 0 Å². The molecule has 0 saturated carbocycles. The summed E-state index contributed by atoms with van der Waals surface area (Å²) in [6.45, 7) is 15.6. The van der Waals surface area contributed by atoms with E-state index in [4.69, 9.17) is 10.5 Å². The summed E-state index contributed by atoms with van der Waals surface area (Å²) in [7, 11) is 0. The Kier molecular flexibility index (Phi) is 17.8. The summed E-state index contributed by atoms with van der Waals surface area (Å²) in [6, 6.07) is 6.76. The van der Waals surface area contributed by atoms with Crippen molar-refractivity contribution in [1.82, 2.24) is 26.6 Å². The predicted octanol–water partition coefficient (Wildman–Crippen LogP) is 1.88. The molecule has 0 aliphatic heterocycles. The van der Waals surface area contributed by atoms with E-state index in [2.05, 4.69) is 26.6 Å². The van der Waals surface area contributed by atoms with Gasteiger partial charge in [-0.05, 0) is 57.9 Å². The van der Waals surface area contributed by atoms with E-state index in [0.717, 1.165) is 5.56 Å². The fourth-order valence-electron chi connectivity index (χ4n) is 4.92. The Hall–Kier alpha value is -4.20. The molecule has 1 aromatic carbocycles. The number of primary amides is 1. The molecule has 6 amide bonds. The van der Waals surface area contributed by atoms with Crippen LogP contribution in [0.3, 0.4) is 0 Å². The molecule has 0 fully saturated rings. The van der Waals surface area contributed by atoms with E-state index in [1.807, 2.05) is 44.2 Å². The monoisotopic (exact) mass is 690 g/mol. The van der Waals surface area contributed by atoms with E-state index in [-0.39, 0.29) is 37.1 Å². The van der Waals surface area contributed by atoms with Crippen molar-refractivity contribution in [3.63, 3.8) is 0 Å². The van der Waals surface area contributed by atoms with E-state index in [0.29, 0.717) is 13.0 Å². The summed E-state index contributed by atoms with van der Waals surface area (Å²) in [6.07, 6.45) is -1.98. The molecule has 14 heteroatoms. The number of alkyl carbamates (subject to hydrolysis) is 1. The minimum atomic E-state index is -1.15. The van der Waals surface area contributed by atoms with Crippen molar-refractivity contribution in [2.45, 2.75) is 118 Å². The quantitative estimate of drug-likeness (QED) is 0.113. The second kappa shape index (κ2) is 20.3. The van der Waals surface area contributed by atoms with Gasteiger partial charge in [-0.15, -0.1) is 0 Å². The molecule has 1 rings (SSSR count). The zero-order chi connectivity index (χ0) is 37.5. The highest BCUT2D eigenvalue weighted by Gasteiger charge is 2.32. The Morgan fingerprint density at radius 3 is 1.94 bits per heavy atom. The van der Waals surface area contributed by atoms with Gasteiger partial charge < -0.3 is 42.2 Å². The van der Waals surface area contributed by atoms with Crippen LogP contribution in [0.5, 0.6) is 0 Å². The number of carbonyl (C=O) groups is 6. The maximum atomic E-state index is 13.4. The number of hydrogen-bond acceptors (Lipinski definition) is 8. The Morgan fingerprint density at radius 2 is 1.41 bits per heavy atom. The lowest BCUT2D eigenvalue weighted by atomic mass is 9.91. The Balaban J connectivity index is 2.88. The molecule has 14 nitrogen and oxygen atoms in total. The Morgan fingerprint density at radius 1 is 0.796 bits per heavy atom. The molecule has 276 valence electrons. The van der Waals surface area contributed by atoms with Crippen LogP contribution in [0, 0.1) is 23.7 Å². The number of nitrogens with two attached hydrogens (primary N) is 1. The summed E-state index contributed by atoms with van der Waals surface area (Å²) >= 11 is 0. The second-order valence-corrected chi connectivity index (χ2v) is 14.4. The molecule has 0 bridgehead atoms. The van der Waals surface area contributed by atoms with Crippen LogP contribution in [-0.4, -0.2) is 77.1 Å². The normalized spacial score (nSPS) is 15.2. The standard InChI is InChI=1S/C35H58N6O8/c1-20(2)15-26(27(42)16-22(5)30(44)39-23(6)31(45)37-18-24-13-11-10-12-14-24)40-32(46)25(17-28(36)43)19-38-33(47)29(21(3)4)41-34(48)49-35(7,8)9/h10-14,20-23,25-27,29,42H,15-19H2,1-9H3,(H2,36,43)(H,37,45)(H,38,47)(H,39,44)(H,40,46)(H,41,48)/t22-,23+,25?,26+,27+,29+/m1/s1. The van der Waals surface area contributed by atoms with Crippen molar-refractivity contribution < 1.29 is 38.6 Å². The van der Waals surface area contributed by atoms with E-state index in [1.165, 1.54) is 0 Å². The number of hydrogen-bond donors (Lipinski definition) is 7. The third-order valence-electron chi connectivity index (χ3n) is 7.58. The average Bonchev–Trinajstić information content (AvgIpc) is 2.98. The molecule has 6 atom stereocenters. The van der Waals surface area contributed by atoms with Gasteiger partial charge in [0.2, 0.25) is 29.5 Å². The van der Waals surface area contributed by atoms with Crippen LogP contribution < -0.4 is 32.3 Å². The zero-order valence-corrected chi connectivity index (χ0v) is 30.4. The van der Waals surface area contributed by atoms with Crippen molar-refractivity contribution in [2.75, 3.05) is 6.54 Å². The summed E-state index contributed by atoms with van der Waals surface area (Å²) in [5, 5.41) is 24.6. The maximum absolute atomic E-state index is 13.4. The highest BCUT2D eigenvalue weighted by Crippen LogP contribution is 2.17. The van der Waals surface area contributed by atoms with Gasteiger partial charge in [-0.25, -0.2) is 4.79 Å². The lowest BCUT2D eigenvalue weighted by Crippen LogP contribution is -2.53. The summed E-state index contributed by atoms with van der Waals surface area (Å²) in [5.41, 5.74) is 5.56. The molecule has 0 saturated heterocycles. The van der Waals surface area contributed by atoms with Gasteiger partial charge in [0.25, 0.3) is 0 Å². The van der Waals surface area contributed by atoms with E-state index in [9.17, 15) is 33.9 Å². The van der Waals surface area contributed by atoms with E-state index in [1.54, 1.807) is 48.5 Å². The summed E-state index contributed by atoms with van der Waals surface area (Å²) < 4.78 is 5.26. The highest BCUT2D eigenvalue weighted by molar-refractivity contribution is 5.89. The molecule has 1 aromatic rings. The second-order valence-electron chi connectivity index (χ2n) is 14.4. The van der Waals surface area contributed by atoms with Crippen LogP contribution in [0.25, 0.3) is 0 Å². The van der Waals surface area contributed by atoms with Crippen LogP contribution in [0.2, 0.25) is 0 Å². The maximum Gasteiger partial charge on any atom is 0.408 e. The first kappa shape index (κ1) is 42.8. The first-order valence-corrected chi connectivity index (χ1v) is 16.9. The van der Waals surface area contributed by atoms with Crippen molar-refractivity contribution in [3.8, 4) is 0 Å². The zero-order valence-electron chi connectivity index (χ0n) is 30.4. The fourth-order valence-corrected chi connectivity index (χ4v) is 4.92. The molecule has 1 unspecified atom stereocenters. The molecular weight excluding hydrogens is 632 g/mol. The van der Waals surface area contributed by atoms with Gasteiger partial charge in [0.1, 0.15) is 17.7 Å². The molecule has 0 aliphatic rings. The van der Waals surface area contributed by atoms with Crippen molar-refractivity contribution in [1.29, 1.82) is 0 Å². The van der Waals surface area contributed by atoms with E-state index >= 15 is 0 Å². The topological polar surface area (TPSA) is 218 Å². The van der Waals surface area contributed by atoms with Gasteiger partial charge in [-0.1, -0.05) is 65.0 Å². The summed E-state index contributed by atoms with van der Waals surface area (Å²) in [5.74, 6) is -4.84. The minimum Gasteiger partial charge on any atom is -0.444 e. The van der Waals surface area contributed by atoms with Crippen LogP contribution in [0.4, 0.5) is 4.79 Å². The van der Waals surface area contributed by atoms with Crippen LogP contribution >= 0.6 is 0 Å². The number of nitrogens with one attached hydrogen (secondary N) is 5. The van der Waals surface area contributed by atoms with Crippen LogP contribution in [0.1, 0.15) is 87.1 Å². The number of aliphatic hydroxyl groups excluding tert-OH is 1. The SMILES string of the molecule is CC(C)C[C@H](NC(=O)C(CNC(=O)[C@@H](NC(=O)OC(C)(C)C)C(C)C)CC(N)=O)[C@@H](O)C[C@@H](C)C(=O)N[C@@H](C)C(=O)NCc1ccccc1. The van der Waals surface area contributed by atoms with Gasteiger partial charge in [0.05, 0.1) is 18.1 Å². The molecular formula is C35H58N6O8. The average molecular weight is 691 g/mol. The van der Waals surface area contributed by atoms with Gasteiger partial charge >= 0.3 is 6.09 Å². The van der Waals surface area contributed by atoms with Crippen molar-refractivity contribution in [3.05, 3.63) is 35.9 Å². The molecule has 8 N–H and O–H groups in total. The Labute approximate surface area is 290 Å². The van der Waals surface area contributed by atoms with Gasteiger partial charge in [-0.2, -0.15) is 0 Å². The van der Waals surface area contributed by atoms with Crippen molar-refractivity contribution >= 4 is 35.6 Å². The molecule has 0 aromatic heterocycles. The molecule has 0 radical (unpaired) electrons. The third-order valence-corrected chi connectivity index (χ3v) is 7.58. The number of ether oxygens (including phenoxy) is 1. The largest absolute Gasteiger partial charge is 0.444 e. The lowest BCUT2D eigenvalue weighted by molar-refractivity contribution is -0.132. The summed E-state index contributed by atoms with van der Waals surface area (Å²) in [4.78, 5) is 76.2. The van der Waals surface area contributed by atoms with Gasteiger partial charge in [0, 0.05) is 25.4 Å². The molecule has 0 aliphatic carbocycles. The van der Waals surface area contributed by atoms with Crippen LogP contribution in [0.15, 0.2) is 30.3 Å². The minimum absolute atomic E-state index is 0.0223. The van der Waals surface area contributed by atoms with Gasteiger partial charge in [-0.3, -0.25) is 24.0 Å². The van der Waals surface area contributed by atoms with E-state index < -0.39 is 71.4 Å². The molecule has 49 heavy (non-hydrogen) atoms. The first-order valence-electron chi connectivity index (χ1n) is 16.9. The third kappa shape index (κ3) is 17.2. The van der Waals surface area contributed by atoms with Crippen LogP contribution in [-0.2, 0) is 35.3 Å². The number of carbonyl (C=O) groups excluding carboxylic acids is 6.